The molecule has 0 bridgehead atoms. The van der Waals surface area contributed by atoms with Gasteiger partial charge in [-0.2, -0.15) is 0 Å². The Morgan fingerprint density at radius 3 is 2.38 bits per heavy atom. The molecule has 0 saturated carbocycles. The monoisotopic (exact) mass is 240 g/mol. The largest absolute Gasteiger partial charge is 0.352 e. The van der Waals surface area contributed by atoms with Crippen molar-refractivity contribution in [2.24, 2.45) is 0 Å². The van der Waals surface area contributed by atoms with E-state index in [-0.39, 0.29) is 11.5 Å². The Morgan fingerprint density at radius 1 is 1.25 bits per heavy atom. The number of thiol groups is 1. The molecule has 16 heavy (non-hydrogen) atoms. The highest BCUT2D eigenvalue weighted by Gasteiger charge is 2.14. The molecule has 0 amide bonds. The second-order valence-electron chi connectivity index (χ2n) is 3.35. The van der Waals surface area contributed by atoms with E-state index in [1.54, 1.807) is 13.0 Å². The van der Waals surface area contributed by atoms with Crippen LogP contribution in [0.5, 0.6) is 5.75 Å². The number of rotatable bonds is 3. The summed E-state index contributed by atoms with van der Waals surface area (Å²) in [4.78, 5) is 31.8. The molecule has 0 atom stereocenters. The van der Waals surface area contributed by atoms with Crippen molar-refractivity contribution in [2.75, 3.05) is 0 Å². The van der Waals surface area contributed by atoms with E-state index in [2.05, 4.69) is 17.5 Å². The third-order valence-corrected chi connectivity index (χ3v) is 2.14. The third kappa shape index (κ3) is 3.00. The van der Waals surface area contributed by atoms with E-state index in [4.69, 9.17) is 4.89 Å². The predicted molar refractivity (Wildman–Crippen MR) is 60.8 cm³/mol. The molecule has 0 aromatic heterocycles. The van der Waals surface area contributed by atoms with E-state index < -0.39 is 5.97 Å². The molecule has 0 heterocycles. The van der Waals surface area contributed by atoms with Gasteiger partial charge in [0.15, 0.2) is 11.5 Å². The van der Waals surface area contributed by atoms with E-state index in [1.807, 2.05) is 0 Å². The van der Waals surface area contributed by atoms with Crippen molar-refractivity contribution in [3.8, 4) is 5.75 Å². The van der Waals surface area contributed by atoms with Gasteiger partial charge >= 0.3 is 5.97 Å². The maximum Gasteiger partial charge on any atom is 0.352 e. The van der Waals surface area contributed by atoms with Crippen LogP contribution >= 0.6 is 12.6 Å². The van der Waals surface area contributed by atoms with Crippen LogP contribution in [0.3, 0.4) is 0 Å². The SMILES string of the molecule is CC(=O)OOc1cc(S)cc(C)c1C(C)=O. The van der Waals surface area contributed by atoms with Crippen molar-refractivity contribution in [1.82, 2.24) is 0 Å². The van der Waals surface area contributed by atoms with Gasteiger partial charge in [-0.15, -0.1) is 12.6 Å². The van der Waals surface area contributed by atoms with E-state index in [0.717, 1.165) is 5.56 Å². The fourth-order valence-corrected chi connectivity index (χ4v) is 1.67. The Labute approximate surface area is 98.9 Å². The molecule has 0 N–H and O–H groups in total. The van der Waals surface area contributed by atoms with Gasteiger partial charge in [0.05, 0.1) is 5.56 Å². The van der Waals surface area contributed by atoms with Gasteiger partial charge in [0.25, 0.3) is 0 Å². The standard InChI is InChI=1S/C11H12O4S/c1-6-4-9(16)5-10(11(6)7(2)12)15-14-8(3)13/h4-5,16H,1-3H3. The van der Waals surface area contributed by atoms with Crippen molar-refractivity contribution < 1.29 is 19.4 Å². The number of carbonyl (C=O) groups is 2. The van der Waals surface area contributed by atoms with Crippen molar-refractivity contribution >= 4 is 24.4 Å². The van der Waals surface area contributed by atoms with Crippen molar-refractivity contribution in [1.29, 1.82) is 0 Å². The van der Waals surface area contributed by atoms with Crippen molar-refractivity contribution in [2.45, 2.75) is 25.7 Å². The number of hydrogen-bond acceptors (Lipinski definition) is 5. The molecule has 1 aromatic carbocycles. The Hall–Kier alpha value is -1.49. The normalized spacial score (nSPS) is 9.75. The molecule has 1 rings (SSSR count). The van der Waals surface area contributed by atoms with E-state index in [0.29, 0.717) is 10.5 Å². The number of carbonyl (C=O) groups excluding carboxylic acids is 2. The molecular formula is C11H12O4S. The zero-order chi connectivity index (χ0) is 12.3. The van der Waals surface area contributed by atoms with Gasteiger partial charge in [-0.05, 0) is 31.5 Å². The predicted octanol–water partition coefficient (Wildman–Crippen LogP) is 2.34. The Bertz CT molecular complexity index is 440. The van der Waals surface area contributed by atoms with E-state index in [1.165, 1.54) is 19.9 Å². The average molecular weight is 240 g/mol. The first-order valence-corrected chi connectivity index (χ1v) is 5.06. The molecule has 5 heteroatoms. The minimum atomic E-state index is -0.586. The number of aryl methyl sites for hydroxylation is 1. The molecule has 0 radical (unpaired) electrons. The average Bonchev–Trinajstić information content (AvgIpc) is 2.12. The van der Waals surface area contributed by atoms with E-state index in [9.17, 15) is 9.59 Å². The summed E-state index contributed by atoms with van der Waals surface area (Å²) in [6.45, 7) is 4.39. The Morgan fingerprint density at radius 2 is 1.88 bits per heavy atom. The zero-order valence-corrected chi connectivity index (χ0v) is 10.1. The lowest BCUT2D eigenvalue weighted by atomic mass is 10.0. The third-order valence-electron chi connectivity index (χ3n) is 1.88. The molecular weight excluding hydrogens is 228 g/mol. The lowest BCUT2D eigenvalue weighted by Crippen LogP contribution is -2.07. The van der Waals surface area contributed by atoms with Gasteiger partial charge in [-0.25, -0.2) is 4.79 Å². The zero-order valence-electron chi connectivity index (χ0n) is 9.23. The molecule has 0 fully saturated rings. The van der Waals surface area contributed by atoms with Crippen molar-refractivity contribution in [3.05, 3.63) is 23.3 Å². The van der Waals surface area contributed by atoms with Crippen LogP contribution in [0.15, 0.2) is 17.0 Å². The molecule has 0 saturated heterocycles. The Kier molecular flexibility index (Phi) is 3.95. The number of Topliss-reactive ketones (excluding diaryl/α,β-unsaturated/α-hetero) is 1. The molecule has 0 unspecified atom stereocenters. The van der Waals surface area contributed by atoms with Gasteiger partial charge < -0.3 is 0 Å². The topological polar surface area (TPSA) is 52.6 Å². The van der Waals surface area contributed by atoms with Crippen molar-refractivity contribution in [3.63, 3.8) is 0 Å². The van der Waals surface area contributed by atoms with Gasteiger partial charge in [0, 0.05) is 11.8 Å². The number of benzene rings is 1. The van der Waals surface area contributed by atoms with Crippen LogP contribution in [0.25, 0.3) is 0 Å². The highest BCUT2D eigenvalue weighted by molar-refractivity contribution is 7.80. The molecule has 1 aromatic rings. The van der Waals surface area contributed by atoms with Gasteiger partial charge in [0.2, 0.25) is 0 Å². The quantitative estimate of drug-likeness (QED) is 0.381. The maximum absolute atomic E-state index is 11.4. The van der Waals surface area contributed by atoms with Crippen LogP contribution in [-0.2, 0) is 9.68 Å². The van der Waals surface area contributed by atoms with Crippen LogP contribution in [0, 0.1) is 6.92 Å². The molecule has 0 aliphatic rings. The van der Waals surface area contributed by atoms with Gasteiger partial charge in [-0.3, -0.25) is 14.6 Å². The van der Waals surface area contributed by atoms with Crippen LogP contribution in [0.4, 0.5) is 0 Å². The second kappa shape index (κ2) is 5.03. The first-order chi connectivity index (χ1) is 7.41. The number of hydrogen-bond donors (Lipinski definition) is 1. The fourth-order valence-electron chi connectivity index (χ4n) is 1.36. The summed E-state index contributed by atoms with van der Waals surface area (Å²) in [7, 11) is 0. The van der Waals surface area contributed by atoms with Crippen LogP contribution in [0.2, 0.25) is 0 Å². The summed E-state index contributed by atoms with van der Waals surface area (Å²) in [5.74, 6) is -0.544. The maximum atomic E-state index is 11.4. The highest BCUT2D eigenvalue weighted by Crippen LogP contribution is 2.27. The molecule has 0 aliphatic carbocycles. The summed E-state index contributed by atoms with van der Waals surface area (Å²) >= 11 is 4.15. The molecule has 0 spiro atoms. The fraction of sp³-hybridized carbons (Fsp3) is 0.273. The lowest BCUT2D eigenvalue weighted by Gasteiger charge is -2.10. The first-order valence-electron chi connectivity index (χ1n) is 4.61. The highest BCUT2D eigenvalue weighted by atomic mass is 32.1. The summed E-state index contributed by atoms with van der Waals surface area (Å²) in [5.41, 5.74) is 1.11. The van der Waals surface area contributed by atoms with Gasteiger partial charge in [-0.1, -0.05) is 0 Å². The van der Waals surface area contributed by atoms with Crippen LogP contribution in [0.1, 0.15) is 29.8 Å². The molecule has 4 nitrogen and oxygen atoms in total. The van der Waals surface area contributed by atoms with E-state index >= 15 is 0 Å². The smallest absolute Gasteiger partial charge is 0.294 e. The summed E-state index contributed by atoms with van der Waals surface area (Å²) in [5, 5.41) is 0. The van der Waals surface area contributed by atoms with Crippen LogP contribution in [-0.4, -0.2) is 11.8 Å². The van der Waals surface area contributed by atoms with Gasteiger partial charge in [0.1, 0.15) is 0 Å². The Balaban J connectivity index is 3.13. The minimum Gasteiger partial charge on any atom is -0.294 e. The second-order valence-corrected chi connectivity index (χ2v) is 3.87. The lowest BCUT2D eigenvalue weighted by molar-refractivity contribution is -0.211. The molecule has 0 aliphatic heterocycles. The molecule has 86 valence electrons. The first kappa shape index (κ1) is 12.6. The summed E-state index contributed by atoms with van der Waals surface area (Å²) in [6.07, 6.45) is 0. The summed E-state index contributed by atoms with van der Waals surface area (Å²) in [6, 6.07) is 3.26. The number of ketones is 1. The van der Waals surface area contributed by atoms with Crippen LogP contribution < -0.4 is 4.89 Å². The summed E-state index contributed by atoms with van der Waals surface area (Å²) < 4.78 is 0. The minimum absolute atomic E-state index is 0.159.